The lowest BCUT2D eigenvalue weighted by atomic mass is 10.1. The number of hydrogen-bond acceptors (Lipinski definition) is 5. The zero-order chi connectivity index (χ0) is 16.9. The topological polar surface area (TPSA) is 69.4 Å². The van der Waals surface area contributed by atoms with Crippen LogP contribution >= 0.6 is 11.6 Å². The quantitative estimate of drug-likeness (QED) is 0.743. The van der Waals surface area contributed by atoms with E-state index in [9.17, 15) is 0 Å². The molecule has 0 atom stereocenters. The number of aliphatic hydroxyl groups is 1. The maximum absolute atomic E-state index is 8.77. The normalized spacial score (nSPS) is 10.6. The first-order valence-electron chi connectivity index (χ1n) is 7.31. The average Bonchev–Trinajstić information content (AvgIpc) is 3.02. The van der Waals surface area contributed by atoms with Gasteiger partial charge in [0.2, 0.25) is 5.88 Å². The van der Waals surface area contributed by atoms with Gasteiger partial charge in [0, 0.05) is 17.8 Å². The number of halogens is 1. The molecule has 3 aromatic rings. The van der Waals surface area contributed by atoms with E-state index in [0.717, 1.165) is 16.8 Å². The highest BCUT2D eigenvalue weighted by atomic mass is 35.5. The lowest BCUT2D eigenvalue weighted by Crippen LogP contribution is -2.01. The Morgan fingerprint density at radius 2 is 1.96 bits per heavy atom. The number of hydrogen-bond donors (Lipinski definition) is 1. The zero-order valence-corrected chi connectivity index (χ0v) is 13.8. The summed E-state index contributed by atoms with van der Waals surface area (Å²) in [6.07, 6.45) is 3.51. The van der Waals surface area contributed by atoms with E-state index in [1.54, 1.807) is 24.1 Å². The van der Waals surface area contributed by atoms with Crippen LogP contribution in [0.25, 0.3) is 16.8 Å². The number of methoxy groups -OCH3 is 1. The third kappa shape index (κ3) is 3.50. The van der Waals surface area contributed by atoms with Crippen molar-refractivity contribution in [2.75, 3.05) is 20.3 Å². The number of nitrogens with zero attached hydrogens (tertiary/aromatic N) is 3. The van der Waals surface area contributed by atoms with Crippen molar-refractivity contribution >= 4 is 11.6 Å². The first-order chi connectivity index (χ1) is 11.7. The molecule has 0 unspecified atom stereocenters. The number of pyridine rings is 1. The largest absolute Gasteiger partial charge is 0.491 e. The van der Waals surface area contributed by atoms with Crippen LogP contribution in [0.3, 0.4) is 0 Å². The minimum atomic E-state index is -0.0176. The lowest BCUT2D eigenvalue weighted by molar-refractivity contribution is 0.201. The van der Waals surface area contributed by atoms with E-state index in [2.05, 4.69) is 10.1 Å². The second kappa shape index (κ2) is 7.33. The van der Waals surface area contributed by atoms with Crippen molar-refractivity contribution in [1.82, 2.24) is 14.8 Å². The van der Waals surface area contributed by atoms with Gasteiger partial charge in [-0.2, -0.15) is 5.10 Å². The molecule has 2 aromatic heterocycles. The van der Waals surface area contributed by atoms with Gasteiger partial charge in [-0.15, -0.1) is 0 Å². The molecule has 0 fully saturated rings. The van der Waals surface area contributed by atoms with Gasteiger partial charge in [0.25, 0.3) is 0 Å². The van der Waals surface area contributed by atoms with E-state index < -0.39 is 0 Å². The van der Waals surface area contributed by atoms with Gasteiger partial charge in [-0.25, -0.2) is 9.67 Å². The minimum absolute atomic E-state index is 0.0176. The third-order valence-electron chi connectivity index (χ3n) is 3.39. The molecule has 0 saturated carbocycles. The van der Waals surface area contributed by atoms with E-state index >= 15 is 0 Å². The number of rotatable bonds is 6. The maximum atomic E-state index is 8.77. The Labute approximate surface area is 144 Å². The zero-order valence-electron chi connectivity index (χ0n) is 13.0. The van der Waals surface area contributed by atoms with Crippen molar-refractivity contribution in [3.63, 3.8) is 0 Å². The predicted molar refractivity (Wildman–Crippen MR) is 90.9 cm³/mol. The second-order valence-electron chi connectivity index (χ2n) is 4.93. The van der Waals surface area contributed by atoms with Crippen LogP contribution in [0.4, 0.5) is 0 Å². The van der Waals surface area contributed by atoms with Crippen molar-refractivity contribution in [2.24, 2.45) is 0 Å². The monoisotopic (exact) mass is 345 g/mol. The predicted octanol–water partition coefficient (Wildman–Crippen LogP) is 2.97. The molecule has 0 saturated heterocycles. The maximum Gasteiger partial charge on any atom is 0.213 e. The van der Waals surface area contributed by atoms with E-state index in [-0.39, 0.29) is 13.2 Å². The molecule has 0 radical (unpaired) electrons. The van der Waals surface area contributed by atoms with Crippen LogP contribution in [-0.2, 0) is 0 Å². The Morgan fingerprint density at radius 1 is 1.17 bits per heavy atom. The van der Waals surface area contributed by atoms with Gasteiger partial charge < -0.3 is 14.6 Å². The summed E-state index contributed by atoms with van der Waals surface area (Å²) in [6, 6.07) is 11.1. The molecule has 0 aliphatic heterocycles. The first kappa shape index (κ1) is 16.3. The molecular weight excluding hydrogens is 330 g/mol. The van der Waals surface area contributed by atoms with Crippen LogP contribution < -0.4 is 9.47 Å². The van der Waals surface area contributed by atoms with Gasteiger partial charge in [0.1, 0.15) is 12.4 Å². The molecule has 7 heteroatoms. The van der Waals surface area contributed by atoms with Crippen LogP contribution in [0, 0.1) is 0 Å². The summed E-state index contributed by atoms with van der Waals surface area (Å²) in [5.74, 6) is 1.23. The summed E-state index contributed by atoms with van der Waals surface area (Å²) in [7, 11) is 1.57. The van der Waals surface area contributed by atoms with Gasteiger partial charge in [0.15, 0.2) is 5.15 Å². The van der Waals surface area contributed by atoms with Crippen LogP contribution in [-0.4, -0.2) is 40.2 Å². The van der Waals surface area contributed by atoms with Crippen molar-refractivity contribution < 1.29 is 14.6 Å². The van der Waals surface area contributed by atoms with Gasteiger partial charge in [-0.05, 0) is 23.8 Å². The van der Waals surface area contributed by atoms with E-state index in [0.29, 0.717) is 16.8 Å². The Morgan fingerprint density at radius 3 is 2.58 bits per heavy atom. The number of benzene rings is 1. The summed E-state index contributed by atoms with van der Waals surface area (Å²) in [5.41, 5.74) is 2.51. The molecule has 0 aliphatic carbocycles. The lowest BCUT2D eigenvalue weighted by Gasteiger charge is -2.05. The molecule has 1 aromatic carbocycles. The minimum Gasteiger partial charge on any atom is -0.491 e. The Kier molecular flexibility index (Phi) is 4.98. The van der Waals surface area contributed by atoms with Gasteiger partial charge in [-0.3, -0.25) is 0 Å². The molecule has 124 valence electrons. The van der Waals surface area contributed by atoms with Crippen molar-refractivity contribution in [3.8, 4) is 28.4 Å². The highest BCUT2D eigenvalue weighted by Crippen LogP contribution is 2.29. The number of ether oxygens (including phenoxy) is 2. The summed E-state index contributed by atoms with van der Waals surface area (Å²) >= 11 is 6.27. The smallest absolute Gasteiger partial charge is 0.213 e. The van der Waals surface area contributed by atoms with Gasteiger partial charge in [0.05, 0.1) is 25.6 Å². The van der Waals surface area contributed by atoms with Crippen LogP contribution in [0.2, 0.25) is 5.15 Å². The molecular formula is C17H16ClN3O3. The molecule has 0 amide bonds. The van der Waals surface area contributed by atoms with E-state index in [1.807, 2.05) is 36.5 Å². The van der Waals surface area contributed by atoms with Crippen LogP contribution in [0.5, 0.6) is 11.6 Å². The van der Waals surface area contributed by atoms with Crippen LogP contribution in [0.15, 0.2) is 48.8 Å². The summed E-state index contributed by atoms with van der Waals surface area (Å²) in [4.78, 5) is 4.16. The Bertz CT molecular complexity index is 801. The van der Waals surface area contributed by atoms with Crippen molar-refractivity contribution in [2.45, 2.75) is 0 Å². The molecule has 0 bridgehead atoms. The fourth-order valence-electron chi connectivity index (χ4n) is 2.20. The number of aliphatic hydroxyl groups excluding tert-OH is 1. The summed E-state index contributed by atoms with van der Waals surface area (Å²) in [5, 5.41) is 13.5. The molecule has 6 nitrogen and oxygen atoms in total. The highest BCUT2D eigenvalue weighted by molar-refractivity contribution is 6.32. The Hall–Kier alpha value is -2.57. The molecule has 24 heavy (non-hydrogen) atoms. The number of aromatic nitrogens is 3. The van der Waals surface area contributed by atoms with Crippen LogP contribution in [0.1, 0.15) is 0 Å². The molecule has 0 aliphatic rings. The first-order valence-corrected chi connectivity index (χ1v) is 7.68. The van der Waals surface area contributed by atoms with Crippen molar-refractivity contribution in [3.05, 3.63) is 53.9 Å². The summed E-state index contributed by atoms with van der Waals surface area (Å²) in [6.45, 7) is 0.249. The average molecular weight is 346 g/mol. The molecule has 3 rings (SSSR count). The fourth-order valence-corrected chi connectivity index (χ4v) is 2.44. The SMILES string of the molecule is COc1ccc(-n2cc(-c3ccc(OCCO)cc3)c(Cl)n2)cn1. The highest BCUT2D eigenvalue weighted by Gasteiger charge is 2.11. The van der Waals surface area contributed by atoms with Crippen molar-refractivity contribution in [1.29, 1.82) is 0 Å². The Balaban J connectivity index is 1.85. The van der Waals surface area contributed by atoms with E-state index in [4.69, 9.17) is 26.2 Å². The molecule has 0 spiro atoms. The van der Waals surface area contributed by atoms with Gasteiger partial charge >= 0.3 is 0 Å². The van der Waals surface area contributed by atoms with E-state index in [1.165, 1.54) is 0 Å². The molecule has 2 heterocycles. The second-order valence-corrected chi connectivity index (χ2v) is 5.29. The standard InChI is InChI=1S/C17H16ClN3O3/c1-23-16-7-4-13(10-19-16)21-11-15(17(18)20-21)12-2-5-14(6-3-12)24-9-8-22/h2-7,10-11,22H,8-9H2,1H3. The molecule has 1 N–H and O–H groups in total. The third-order valence-corrected chi connectivity index (χ3v) is 3.67. The van der Waals surface area contributed by atoms with Gasteiger partial charge in [-0.1, -0.05) is 23.7 Å². The summed E-state index contributed by atoms with van der Waals surface area (Å²) < 4.78 is 12.1. The fraction of sp³-hybridized carbons (Fsp3) is 0.176.